The van der Waals surface area contributed by atoms with Crippen LogP contribution in [0.5, 0.6) is 0 Å². The molecule has 0 fully saturated rings. The highest BCUT2D eigenvalue weighted by Gasteiger charge is 2.23. The quantitative estimate of drug-likeness (QED) is 0.691. The lowest BCUT2D eigenvalue weighted by Crippen LogP contribution is -2.06. The van der Waals surface area contributed by atoms with E-state index in [0.29, 0.717) is 17.0 Å². The molecule has 110 valence electrons. The van der Waals surface area contributed by atoms with E-state index < -0.39 is 10.9 Å². The summed E-state index contributed by atoms with van der Waals surface area (Å²) in [6.07, 6.45) is -0.198. The molecule has 0 bridgehead atoms. The standard InChI is InChI=1S/C13H12ClN3O4/c1-7-9(6-12(18)19)8(2)16(15-7)13-10(14)4-3-5-11(13)17(20)21/h3-5H,6H2,1-2H3,(H,18,19). The van der Waals surface area contributed by atoms with Gasteiger partial charge < -0.3 is 5.11 Å². The van der Waals surface area contributed by atoms with Gasteiger partial charge in [0.2, 0.25) is 0 Å². The van der Waals surface area contributed by atoms with Crippen molar-refractivity contribution in [3.63, 3.8) is 0 Å². The van der Waals surface area contributed by atoms with Gasteiger partial charge in [-0.1, -0.05) is 17.7 Å². The van der Waals surface area contributed by atoms with E-state index >= 15 is 0 Å². The summed E-state index contributed by atoms with van der Waals surface area (Å²) < 4.78 is 1.33. The van der Waals surface area contributed by atoms with E-state index in [4.69, 9.17) is 16.7 Å². The highest BCUT2D eigenvalue weighted by molar-refractivity contribution is 6.32. The fourth-order valence-electron chi connectivity index (χ4n) is 2.16. The number of aromatic nitrogens is 2. The summed E-state index contributed by atoms with van der Waals surface area (Å²) in [5, 5.41) is 24.4. The van der Waals surface area contributed by atoms with Crippen LogP contribution in [0.4, 0.5) is 5.69 Å². The fourth-order valence-corrected chi connectivity index (χ4v) is 2.41. The molecule has 0 unspecified atom stereocenters. The largest absolute Gasteiger partial charge is 0.481 e. The number of carbonyl (C=O) groups is 1. The zero-order chi connectivity index (χ0) is 15.7. The third kappa shape index (κ3) is 2.73. The maximum absolute atomic E-state index is 11.1. The smallest absolute Gasteiger partial charge is 0.307 e. The second-order valence-corrected chi connectivity index (χ2v) is 4.90. The third-order valence-electron chi connectivity index (χ3n) is 3.14. The minimum Gasteiger partial charge on any atom is -0.481 e. The molecule has 0 amide bonds. The van der Waals surface area contributed by atoms with E-state index in [9.17, 15) is 14.9 Å². The summed E-state index contributed by atoms with van der Waals surface area (Å²) in [6.45, 7) is 3.32. The number of halogens is 1. The van der Waals surface area contributed by atoms with Crippen LogP contribution in [0.25, 0.3) is 5.69 Å². The molecule has 0 aliphatic carbocycles. The number of nitrogens with zero attached hydrogens (tertiary/aromatic N) is 3. The van der Waals surface area contributed by atoms with Crippen molar-refractivity contribution in [2.45, 2.75) is 20.3 Å². The summed E-state index contributed by atoms with van der Waals surface area (Å²) in [5.41, 5.74) is 1.50. The van der Waals surface area contributed by atoms with Gasteiger partial charge in [-0.2, -0.15) is 5.10 Å². The second-order valence-electron chi connectivity index (χ2n) is 4.50. The third-order valence-corrected chi connectivity index (χ3v) is 3.45. The van der Waals surface area contributed by atoms with Crippen LogP contribution in [0.2, 0.25) is 5.02 Å². The highest BCUT2D eigenvalue weighted by atomic mass is 35.5. The summed E-state index contributed by atoms with van der Waals surface area (Å²) >= 11 is 6.07. The Morgan fingerprint density at radius 2 is 2.14 bits per heavy atom. The van der Waals surface area contributed by atoms with E-state index in [1.807, 2.05) is 0 Å². The molecule has 8 heteroatoms. The average molecular weight is 310 g/mol. The van der Waals surface area contributed by atoms with Crippen molar-refractivity contribution < 1.29 is 14.8 Å². The number of nitro groups is 1. The van der Waals surface area contributed by atoms with Crippen LogP contribution < -0.4 is 0 Å². The number of hydrogen-bond acceptors (Lipinski definition) is 4. The number of para-hydroxylation sites is 1. The molecule has 1 N–H and O–H groups in total. The molecule has 7 nitrogen and oxygen atoms in total. The van der Waals surface area contributed by atoms with Gasteiger partial charge in [0, 0.05) is 17.3 Å². The van der Waals surface area contributed by atoms with Gasteiger partial charge in [-0.25, -0.2) is 4.68 Å². The molecule has 0 spiro atoms. The van der Waals surface area contributed by atoms with Crippen molar-refractivity contribution in [1.82, 2.24) is 9.78 Å². The maximum Gasteiger partial charge on any atom is 0.307 e. The van der Waals surface area contributed by atoms with Gasteiger partial charge in [0.15, 0.2) is 5.69 Å². The molecule has 0 radical (unpaired) electrons. The molecular formula is C13H12ClN3O4. The number of carboxylic acids is 1. The Kier molecular flexibility index (Phi) is 3.95. The normalized spacial score (nSPS) is 10.6. The summed E-state index contributed by atoms with van der Waals surface area (Å²) in [7, 11) is 0. The molecule has 1 heterocycles. The van der Waals surface area contributed by atoms with Crippen LogP contribution in [0.1, 0.15) is 17.0 Å². The van der Waals surface area contributed by atoms with Crippen molar-refractivity contribution in [3.05, 3.63) is 50.3 Å². The minimum absolute atomic E-state index is 0.140. The lowest BCUT2D eigenvalue weighted by molar-refractivity contribution is -0.384. The lowest BCUT2D eigenvalue weighted by atomic mass is 10.1. The van der Waals surface area contributed by atoms with E-state index in [2.05, 4.69) is 5.10 Å². The predicted molar refractivity (Wildman–Crippen MR) is 76.0 cm³/mol. The van der Waals surface area contributed by atoms with Gasteiger partial charge in [-0.05, 0) is 19.9 Å². The predicted octanol–water partition coefficient (Wildman–Crippen LogP) is 2.68. The molecule has 0 atom stereocenters. The van der Waals surface area contributed by atoms with Gasteiger partial charge in [0.25, 0.3) is 5.69 Å². The lowest BCUT2D eigenvalue weighted by Gasteiger charge is -2.08. The maximum atomic E-state index is 11.1. The first-order valence-electron chi connectivity index (χ1n) is 6.03. The fraction of sp³-hybridized carbons (Fsp3) is 0.231. The first-order chi connectivity index (χ1) is 9.82. The van der Waals surface area contributed by atoms with Crippen molar-refractivity contribution in [3.8, 4) is 5.69 Å². The molecule has 21 heavy (non-hydrogen) atoms. The van der Waals surface area contributed by atoms with Gasteiger partial charge in [0.05, 0.1) is 22.1 Å². The Hall–Kier alpha value is -2.41. The van der Waals surface area contributed by atoms with Crippen LogP contribution in [0, 0.1) is 24.0 Å². The monoisotopic (exact) mass is 309 g/mol. The number of aryl methyl sites for hydroxylation is 1. The van der Waals surface area contributed by atoms with Gasteiger partial charge >= 0.3 is 5.97 Å². The van der Waals surface area contributed by atoms with E-state index in [1.54, 1.807) is 13.8 Å². The Balaban J connectivity index is 2.69. The zero-order valence-electron chi connectivity index (χ0n) is 11.3. The number of hydrogen-bond donors (Lipinski definition) is 1. The molecule has 2 aromatic rings. The van der Waals surface area contributed by atoms with E-state index in [1.165, 1.54) is 22.9 Å². The Morgan fingerprint density at radius 3 is 2.71 bits per heavy atom. The first kappa shape index (κ1) is 15.0. The van der Waals surface area contributed by atoms with Crippen molar-refractivity contribution in [2.75, 3.05) is 0 Å². The van der Waals surface area contributed by atoms with Crippen LogP contribution in [-0.4, -0.2) is 25.8 Å². The Morgan fingerprint density at radius 1 is 1.48 bits per heavy atom. The number of carboxylic acid groups (broad SMARTS) is 1. The topological polar surface area (TPSA) is 98.3 Å². The second kappa shape index (κ2) is 5.53. The number of benzene rings is 1. The Labute approximate surface area is 124 Å². The molecule has 1 aromatic heterocycles. The van der Waals surface area contributed by atoms with Crippen molar-refractivity contribution in [1.29, 1.82) is 0 Å². The van der Waals surface area contributed by atoms with Crippen LogP contribution in [-0.2, 0) is 11.2 Å². The van der Waals surface area contributed by atoms with Gasteiger partial charge in [0.1, 0.15) is 0 Å². The number of rotatable bonds is 4. The minimum atomic E-state index is -0.991. The van der Waals surface area contributed by atoms with Crippen molar-refractivity contribution >= 4 is 23.3 Å². The van der Waals surface area contributed by atoms with Crippen LogP contribution >= 0.6 is 11.6 Å². The van der Waals surface area contributed by atoms with Gasteiger partial charge in [-0.15, -0.1) is 0 Å². The Bertz CT molecular complexity index is 739. The molecule has 0 saturated heterocycles. The molecule has 0 aliphatic rings. The highest BCUT2D eigenvalue weighted by Crippen LogP contribution is 2.32. The van der Waals surface area contributed by atoms with Gasteiger partial charge in [-0.3, -0.25) is 14.9 Å². The molecule has 0 aliphatic heterocycles. The van der Waals surface area contributed by atoms with E-state index in [-0.39, 0.29) is 22.8 Å². The molecule has 1 aromatic carbocycles. The SMILES string of the molecule is Cc1nn(-c2c(Cl)cccc2[N+](=O)[O-])c(C)c1CC(=O)O. The summed E-state index contributed by atoms with van der Waals surface area (Å²) in [5.74, 6) is -0.991. The number of nitro benzene ring substituents is 1. The zero-order valence-corrected chi connectivity index (χ0v) is 12.1. The van der Waals surface area contributed by atoms with Crippen LogP contribution in [0.3, 0.4) is 0 Å². The van der Waals surface area contributed by atoms with Crippen LogP contribution in [0.15, 0.2) is 18.2 Å². The summed E-state index contributed by atoms with van der Waals surface area (Å²) in [4.78, 5) is 21.5. The average Bonchev–Trinajstić information content (AvgIpc) is 2.65. The molecule has 2 rings (SSSR count). The van der Waals surface area contributed by atoms with Crippen molar-refractivity contribution in [2.24, 2.45) is 0 Å². The summed E-state index contributed by atoms with van der Waals surface area (Å²) in [6, 6.07) is 4.33. The first-order valence-corrected chi connectivity index (χ1v) is 6.41. The molecule has 0 saturated carbocycles. The van der Waals surface area contributed by atoms with E-state index in [0.717, 1.165) is 0 Å². The number of aliphatic carboxylic acids is 1. The molecular weight excluding hydrogens is 298 g/mol.